The van der Waals surface area contributed by atoms with Crippen LogP contribution in [0.3, 0.4) is 0 Å². The van der Waals surface area contributed by atoms with E-state index < -0.39 is 0 Å². The predicted octanol–water partition coefficient (Wildman–Crippen LogP) is 2.88. The van der Waals surface area contributed by atoms with Crippen LogP contribution in [-0.2, 0) is 11.3 Å². The zero-order valence-corrected chi connectivity index (χ0v) is 15.4. The van der Waals surface area contributed by atoms with Gasteiger partial charge in [0, 0.05) is 12.2 Å². The second-order valence-corrected chi connectivity index (χ2v) is 6.31. The maximum Gasteiger partial charge on any atom is 0.177 e. The maximum absolute atomic E-state index is 5.92. The lowest BCUT2D eigenvalue weighted by molar-refractivity contribution is 0.110. The Hall–Kier alpha value is -3.06. The second-order valence-electron chi connectivity index (χ2n) is 6.31. The highest BCUT2D eigenvalue weighted by molar-refractivity contribution is 5.50. The molecular formula is C20H22N4O3. The van der Waals surface area contributed by atoms with Crippen molar-refractivity contribution in [3.63, 3.8) is 0 Å². The molecule has 7 nitrogen and oxygen atoms in total. The molecule has 2 heterocycles. The van der Waals surface area contributed by atoms with Gasteiger partial charge in [-0.2, -0.15) is 0 Å². The highest BCUT2D eigenvalue weighted by Gasteiger charge is 2.29. The minimum Gasteiger partial charge on any atom is -0.497 e. The van der Waals surface area contributed by atoms with Gasteiger partial charge < -0.3 is 19.1 Å². The van der Waals surface area contributed by atoms with E-state index in [0.29, 0.717) is 13.2 Å². The number of methoxy groups -OCH3 is 2. The molecule has 3 aromatic rings. The van der Waals surface area contributed by atoms with Crippen molar-refractivity contribution in [1.82, 2.24) is 15.0 Å². The molecule has 1 atom stereocenters. The quantitative estimate of drug-likeness (QED) is 0.669. The molecule has 1 saturated heterocycles. The van der Waals surface area contributed by atoms with Gasteiger partial charge in [-0.1, -0.05) is 17.3 Å². The summed E-state index contributed by atoms with van der Waals surface area (Å²) in [7, 11) is 3.33. The van der Waals surface area contributed by atoms with Gasteiger partial charge in [0.2, 0.25) is 0 Å². The summed E-state index contributed by atoms with van der Waals surface area (Å²) < 4.78 is 18.3. The molecule has 7 heteroatoms. The Kier molecular flexibility index (Phi) is 4.93. The summed E-state index contributed by atoms with van der Waals surface area (Å²) in [5, 5.41) is 8.60. The van der Waals surface area contributed by atoms with Crippen LogP contribution in [0.4, 0.5) is 5.69 Å². The van der Waals surface area contributed by atoms with Crippen LogP contribution < -0.4 is 14.4 Å². The van der Waals surface area contributed by atoms with Crippen molar-refractivity contribution in [2.75, 3.05) is 32.3 Å². The van der Waals surface area contributed by atoms with Crippen LogP contribution in [-0.4, -0.2) is 42.4 Å². The smallest absolute Gasteiger partial charge is 0.177 e. The van der Waals surface area contributed by atoms with E-state index in [9.17, 15) is 0 Å². The Morgan fingerprint density at radius 1 is 1.07 bits per heavy atom. The molecule has 0 amide bonds. The molecule has 0 aliphatic carbocycles. The van der Waals surface area contributed by atoms with Gasteiger partial charge in [-0.3, -0.25) is 0 Å². The van der Waals surface area contributed by atoms with Crippen molar-refractivity contribution >= 4 is 5.69 Å². The largest absolute Gasteiger partial charge is 0.497 e. The highest BCUT2D eigenvalue weighted by atomic mass is 16.5. The summed E-state index contributed by atoms with van der Waals surface area (Å²) in [6.07, 6.45) is 1.70. The Bertz CT molecular complexity index is 894. The molecule has 1 aromatic heterocycles. The number of anilines is 1. The average molecular weight is 366 g/mol. The molecule has 2 aromatic carbocycles. The highest BCUT2D eigenvalue weighted by Crippen LogP contribution is 2.32. The van der Waals surface area contributed by atoms with Gasteiger partial charge in [-0.15, -0.1) is 5.10 Å². The first-order chi connectivity index (χ1) is 13.3. The van der Waals surface area contributed by atoms with Gasteiger partial charge in [0.15, 0.2) is 6.23 Å². The average Bonchev–Trinajstić information content (AvgIpc) is 3.37. The van der Waals surface area contributed by atoms with Gasteiger partial charge in [0.1, 0.15) is 17.2 Å². The second kappa shape index (κ2) is 7.67. The molecular weight excluding hydrogens is 344 g/mol. The normalized spacial score (nSPS) is 16.5. The summed E-state index contributed by atoms with van der Waals surface area (Å²) in [5.41, 5.74) is 2.97. The van der Waals surface area contributed by atoms with Gasteiger partial charge in [-0.25, -0.2) is 4.68 Å². The zero-order chi connectivity index (χ0) is 18.6. The Labute approximate surface area is 158 Å². The van der Waals surface area contributed by atoms with E-state index >= 15 is 0 Å². The molecule has 1 fully saturated rings. The maximum atomic E-state index is 5.92. The van der Waals surface area contributed by atoms with Crippen LogP contribution in [0.5, 0.6) is 11.5 Å². The molecule has 0 saturated carbocycles. The molecule has 0 radical (unpaired) electrons. The van der Waals surface area contributed by atoms with Crippen molar-refractivity contribution in [1.29, 1.82) is 0 Å². The fraction of sp³-hybridized carbons (Fsp3) is 0.300. The first-order valence-electron chi connectivity index (χ1n) is 8.82. The fourth-order valence-corrected chi connectivity index (χ4v) is 3.21. The number of ether oxygens (including phenoxy) is 3. The number of hydrogen-bond donors (Lipinski definition) is 0. The van der Waals surface area contributed by atoms with E-state index in [4.69, 9.17) is 14.2 Å². The van der Waals surface area contributed by atoms with E-state index in [2.05, 4.69) is 15.2 Å². The topological polar surface area (TPSA) is 61.6 Å². The van der Waals surface area contributed by atoms with Gasteiger partial charge in [-0.05, 0) is 42.0 Å². The lowest BCUT2D eigenvalue weighted by atomic mass is 10.2. The van der Waals surface area contributed by atoms with Crippen molar-refractivity contribution in [2.45, 2.75) is 12.8 Å². The summed E-state index contributed by atoms with van der Waals surface area (Å²) in [5.74, 6) is 1.66. The summed E-state index contributed by atoms with van der Waals surface area (Å²) in [6.45, 7) is 2.08. The molecule has 4 rings (SSSR count). The summed E-state index contributed by atoms with van der Waals surface area (Å²) in [4.78, 5) is 2.18. The first kappa shape index (κ1) is 17.4. The van der Waals surface area contributed by atoms with Crippen LogP contribution in [0.25, 0.3) is 0 Å². The number of nitrogens with zero attached hydrogens (tertiary/aromatic N) is 4. The molecule has 140 valence electrons. The molecule has 1 unspecified atom stereocenters. The Morgan fingerprint density at radius 3 is 2.67 bits per heavy atom. The van der Waals surface area contributed by atoms with Crippen molar-refractivity contribution < 1.29 is 14.2 Å². The van der Waals surface area contributed by atoms with Gasteiger partial charge >= 0.3 is 0 Å². The SMILES string of the molecule is COc1ccc(N2CCOC2c2cn(Cc3cccc(OC)c3)nn2)cc1. The monoisotopic (exact) mass is 366 g/mol. The molecule has 1 aliphatic rings. The third kappa shape index (κ3) is 3.73. The number of rotatable bonds is 6. The van der Waals surface area contributed by atoms with Crippen molar-refractivity contribution in [2.24, 2.45) is 0 Å². The van der Waals surface area contributed by atoms with E-state index in [0.717, 1.165) is 35.0 Å². The minimum atomic E-state index is -0.238. The van der Waals surface area contributed by atoms with Crippen LogP contribution in [0.15, 0.2) is 54.7 Å². The standard InChI is InChI=1S/C20H22N4O3/c1-25-17-8-6-16(7-9-17)24-10-11-27-20(24)19-14-23(22-21-19)13-15-4-3-5-18(12-15)26-2/h3-9,12,14,20H,10-11,13H2,1-2H3. The molecule has 1 aliphatic heterocycles. The summed E-state index contributed by atoms with van der Waals surface area (Å²) in [6, 6.07) is 15.9. The zero-order valence-electron chi connectivity index (χ0n) is 15.4. The summed E-state index contributed by atoms with van der Waals surface area (Å²) >= 11 is 0. The third-order valence-electron chi connectivity index (χ3n) is 4.58. The van der Waals surface area contributed by atoms with Crippen LogP contribution >= 0.6 is 0 Å². The van der Waals surface area contributed by atoms with E-state index in [-0.39, 0.29) is 6.23 Å². The van der Waals surface area contributed by atoms with Crippen molar-refractivity contribution in [3.8, 4) is 11.5 Å². The Morgan fingerprint density at radius 2 is 1.89 bits per heavy atom. The number of aromatic nitrogens is 3. The first-order valence-corrected chi connectivity index (χ1v) is 8.82. The number of hydrogen-bond acceptors (Lipinski definition) is 6. The van der Waals surface area contributed by atoms with Crippen LogP contribution in [0.1, 0.15) is 17.5 Å². The van der Waals surface area contributed by atoms with Gasteiger partial charge in [0.05, 0.1) is 33.6 Å². The molecule has 0 N–H and O–H groups in total. The number of benzene rings is 2. The Balaban J connectivity index is 1.51. The van der Waals surface area contributed by atoms with Gasteiger partial charge in [0.25, 0.3) is 0 Å². The lowest BCUT2D eigenvalue weighted by Gasteiger charge is -2.23. The predicted molar refractivity (Wildman–Crippen MR) is 101 cm³/mol. The van der Waals surface area contributed by atoms with E-state index in [1.54, 1.807) is 14.2 Å². The third-order valence-corrected chi connectivity index (χ3v) is 4.58. The van der Waals surface area contributed by atoms with Crippen molar-refractivity contribution in [3.05, 3.63) is 66.0 Å². The lowest BCUT2D eigenvalue weighted by Crippen LogP contribution is -2.23. The fourth-order valence-electron chi connectivity index (χ4n) is 3.21. The molecule has 0 bridgehead atoms. The van der Waals surface area contributed by atoms with Crippen LogP contribution in [0.2, 0.25) is 0 Å². The van der Waals surface area contributed by atoms with E-state index in [1.165, 1.54) is 0 Å². The van der Waals surface area contributed by atoms with Crippen LogP contribution in [0, 0.1) is 0 Å². The molecule has 0 spiro atoms. The molecule has 27 heavy (non-hydrogen) atoms. The van der Waals surface area contributed by atoms with E-state index in [1.807, 2.05) is 59.4 Å². The minimum absolute atomic E-state index is 0.238.